The van der Waals surface area contributed by atoms with Gasteiger partial charge in [0.1, 0.15) is 16.5 Å². The fraction of sp³-hybridized carbons (Fsp3) is 0.412. The number of hydrogen-bond donors (Lipinski definition) is 0. The van der Waals surface area contributed by atoms with Gasteiger partial charge in [0, 0.05) is 24.5 Å². The van der Waals surface area contributed by atoms with Crippen LogP contribution in [-0.2, 0) is 16.6 Å². The fourth-order valence-corrected chi connectivity index (χ4v) is 4.75. The van der Waals surface area contributed by atoms with Gasteiger partial charge in [-0.1, -0.05) is 19.9 Å². The number of halogens is 2. The minimum Gasteiger partial charge on any atom is -0.303 e. The summed E-state index contributed by atoms with van der Waals surface area (Å²) in [6, 6.07) is 6.15. The van der Waals surface area contributed by atoms with E-state index >= 15 is 0 Å². The van der Waals surface area contributed by atoms with E-state index in [-0.39, 0.29) is 13.1 Å². The largest absolute Gasteiger partial charge is 0.303 e. The molecule has 0 fully saturated rings. The number of hydrogen-bond acceptors (Lipinski definition) is 4. The molecule has 138 valence electrons. The van der Waals surface area contributed by atoms with E-state index in [1.54, 1.807) is 0 Å². The molecule has 1 aromatic heterocycles. The molecule has 0 N–H and O–H groups in total. The van der Waals surface area contributed by atoms with Gasteiger partial charge in [-0.05, 0) is 42.7 Å². The van der Waals surface area contributed by atoms with E-state index in [9.17, 15) is 17.2 Å². The molecule has 0 radical (unpaired) electrons. The standard InChI is InChI=1S/C17H22F2N2O2S2/c1-3-20(4-2)9-10-21(13-15-6-5-11-24-15)25(22,23)17-12-14(18)7-8-16(17)19/h5-8,11-12H,3-4,9-10,13H2,1-2H3. The Labute approximate surface area is 151 Å². The molecule has 0 bridgehead atoms. The van der Waals surface area contributed by atoms with Crippen molar-refractivity contribution in [3.05, 3.63) is 52.2 Å². The van der Waals surface area contributed by atoms with Crippen molar-refractivity contribution in [2.45, 2.75) is 25.3 Å². The first-order chi connectivity index (χ1) is 11.9. The molecule has 0 saturated carbocycles. The number of thiophene rings is 1. The summed E-state index contributed by atoms with van der Waals surface area (Å²) in [5.74, 6) is -1.72. The topological polar surface area (TPSA) is 40.6 Å². The first kappa shape index (κ1) is 20.0. The van der Waals surface area contributed by atoms with Crippen molar-refractivity contribution in [1.82, 2.24) is 9.21 Å². The molecule has 8 heteroatoms. The van der Waals surface area contributed by atoms with Crippen LogP contribution >= 0.6 is 11.3 Å². The number of likely N-dealkylation sites (N-methyl/N-ethyl adjacent to an activating group) is 1. The van der Waals surface area contributed by atoms with E-state index in [0.29, 0.717) is 6.54 Å². The first-order valence-corrected chi connectivity index (χ1v) is 10.4. The first-order valence-electron chi connectivity index (χ1n) is 8.08. The molecule has 0 amide bonds. The number of sulfonamides is 1. The van der Waals surface area contributed by atoms with Crippen LogP contribution in [0, 0.1) is 11.6 Å². The van der Waals surface area contributed by atoms with Crippen LogP contribution in [0.3, 0.4) is 0 Å². The van der Waals surface area contributed by atoms with Gasteiger partial charge in [0.2, 0.25) is 10.0 Å². The van der Waals surface area contributed by atoms with Gasteiger partial charge in [-0.15, -0.1) is 11.3 Å². The molecule has 4 nitrogen and oxygen atoms in total. The zero-order chi connectivity index (χ0) is 18.4. The van der Waals surface area contributed by atoms with Crippen molar-refractivity contribution in [3.8, 4) is 0 Å². The van der Waals surface area contributed by atoms with E-state index in [0.717, 1.165) is 36.2 Å². The number of benzene rings is 1. The minimum absolute atomic E-state index is 0.136. The molecule has 25 heavy (non-hydrogen) atoms. The van der Waals surface area contributed by atoms with Gasteiger partial charge in [-0.3, -0.25) is 0 Å². The van der Waals surface area contributed by atoms with Gasteiger partial charge in [-0.2, -0.15) is 4.31 Å². The van der Waals surface area contributed by atoms with Crippen LogP contribution in [0.4, 0.5) is 8.78 Å². The SMILES string of the molecule is CCN(CC)CCN(Cc1cccs1)S(=O)(=O)c1cc(F)ccc1F. The van der Waals surface area contributed by atoms with Crippen molar-refractivity contribution in [3.63, 3.8) is 0 Å². The normalized spacial score (nSPS) is 12.2. The van der Waals surface area contributed by atoms with Crippen molar-refractivity contribution < 1.29 is 17.2 Å². The second-order valence-electron chi connectivity index (χ2n) is 5.52. The van der Waals surface area contributed by atoms with Crippen molar-refractivity contribution in [2.75, 3.05) is 26.2 Å². The molecule has 0 aliphatic carbocycles. The molecular weight excluding hydrogens is 366 g/mol. The van der Waals surface area contributed by atoms with Crippen LogP contribution in [0.1, 0.15) is 18.7 Å². The highest BCUT2D eigenvalue weighted by Gasteiger charge is 2.28. The van der Waals surface area contributed by atoms with E-state index in [1.165, 1.54) is 15.6 Å². The monoisotopic (exact) mass is 388 g/mol. The summed E-state index contributed by atoms with van der Waals surface area (Å²) >= 11 is 1.43. The lowest BCUT2D eigenvalue weighted by Gasteiger charge is -2.25. The van der Waals surface area contributed by atoms with Crippen LogP contribution in [0.5, 0.6) is 0 Å². The van der Waals surface area contributed by atoms with Gasteiger partial charge in [-0.25, -0.2) is 17.2 Å². The summed E-state index contributed by atoms with van der Waals surface area (Å²) in [5.41, 5.74) is 0. The summed E-state index contributed by atoms with van der Waals surface area (Å²) in [7, 11) is -4.14. The van der Waals surface area contributed by atoms with E-state index in [1.807, 2.05) is 31.4 Å². The average molecular weight is 389 g/mol. The fourth-order valence-electron chi connectivity index (χ4n) is 2.47. The Morgan fingerprint density at radius 2 is 1.80 bits per heavy atom. The third-order valence-corrected chi connectivity index (χ3v) is 6.70. The van der Waals surface area contributed by atoms with Crippen molar-refractivity contribution in [2.24, 2.45) is 0 Å². The van der Waals surface area contributed by atoms with E-state index in [2.05, 4.69) is 4.90 Å². The molecule has 2 rings (SSSR count). The van der Waals surface area contributed by atoms with E-state index < -0.39 is 26.6 Å². The van der Waals surface area contributed by atoms with Gasteiger partial charge >= 0.3 is 0 Å². The Kier molecular flexibility index (Phi) is 7.06. The molecule has 1 aromatic carbocycles. The highest BCUT2D eigenvalue weighted by molar-refractivity contribution is 7.89. The highest BCUT2D eigenvalue weighted by Crippen LogP contribution is 2.23. The summed E-state index contributed by atoms with van der Waals surface area (Å²) in [6.45, 7) is 6.43. The quantitative estimate of drug-likeness (QED) is 0.660. The molecular formula is C17H22F2N2O2S2. The zero-order valence-electron chi connectivity index (χ0n) is 14.3. The van der Waals surface area contributed by atoms with Crippen LogP contribution in [-0.4, -0.2) is 43.8 Å². The Morgan fingerprint density at radius 1 is 1.08 bits per heavy atom. The van der Waals surface area contributed by atoms with Gasteiger partial charge in [0.15, 0.2) is 0 Å². The lowest BCUT2D eigenvalue weighted by molar-refractivity contribution is 0.269. The predicted octanol–water partition coefficient (Wildman–Crippen LogP) is 3.56. The smallest absolute Gasteiger partial charge is 0.246 e. The molecule has 0 aliphatic heterocycles. The zero-order valence-corrected chi connectivity index (χ0v) is 15.9. The molecule has 0 atom stereocenters. The van der Waals surface area contributed by atoms with Gasteiger partial charge < -0.3 is 4.90 Å². The predicted molar refractivity (Wildman–Crippen MR) is 96.1 cm³/mol. The highest BCUT2D eigenvalue weighted by atomic mass is 32.2. The number of rotatable bonds is 9. The molecule has 0 saturated heterocycles. The maximum Gasteiger partial charge on any atom is 0.246 e. The number of nitrogens with zero attached hydrogens (tertiary/aromatic N) is 2. The van der Waals surface area contributed by atoms with Crippen molar-refractivity contribution >= 4 is 21.4 Å². The van der Waals surface area contributed by atoms with Crippen LogP contribution in [0.25, 0.3) is 0 Å². The summed E-state index contributed by atoms with van der Waals surface area (Å²) < 4.78 is 54.6. The average Bonchev–Trinajstić information content (AvgIpc) is 3.09. The third kappa shape index (κ3) is 5.07. The second kappa shape index (κ2) is 8.84. The molecule has 0 aliphatic rings. The Bertz CT molecular complexity index is 776. The van der Waals surface area contributed by atoms with Crippen LogP contribution in [0.2, 0.25) is 0 Å². The van der Waals surface area contributed by atoms with Crippen LogP contribution in [0.15, 0.2) is 40.6 Å². The third-order valence-electron chi connectivity index (χ3n) is 3.98. The van der Waals surface area contributed by atoms with Gasteiger partial charge in [0.05, 0.1) is 0 Å². The minimum atomic E-state index is -4.14. The Balaban J connectivity index is 2.33. The summed E-state index contributed by atoms with van der Waals surface area (Å²) in [5, 5.41) is 1.85. The lowest BCUT2D eigenvalue weighted by Crippen LogP contribution is -2.38. The van der Waals surface area contributed by atoms with Gasteiger partial charge in [0.25, 0.3) is 0 Å². The molecule has 0 unspecified atom stereocenters. The maximum atomic E-state index is 14.1. The summed E-state index contributed by atoms with van der Waals surface area (Å²) in [4.78, 5) is 2.31. The van der Waals surface area contributed by atoms with Crippen LogP contribution < -0.4 is 0 Å². The molecule has 1 heterocycles. The Morgan fingerprint density at radius 3 is 2.40 bits per heavy atom. The summed E-state index contributed by atoms with van der Waals surface area (Å²) in [6.07, 6.45) is 0. The van der Waals surface area contributed by atoms with E-state index in [4.69, 9.17) is 0 Å². The molecule has 2 aromatic rings. The second-order valence-corrected chi connectivity index (χ2v) is 8.46. The van der Waals surface area contributed by atoms with Crippen molar-refractivity contribution in [1.29, 1.82) is 0 Å². The lowest BCUT2D eigenvalue weighted by atomic mass is 10.3. The molecule has 0 spiro atoms. The maximum absolute atomic E-state index is 14.1. The Hall–Kier alpha value is -1.35.